The van der Waals surface area contributed by atoms with Crippen LogP contribution in [0.1, 0.15) is 33.6 Å². The number of piperidine rings is 1. The zero-order valence-corrected chi connectivity index (χ0v) is 16.0. The third kappa shape index (κ3) is 4.34. The lowest BCUT2D eigenvalue weighted by atomic mass is 10.0. The Hall–Kier alpha value is -2.02. The molecule has 1 aliphatic rings. The maximum absolute atomic E-state index is 11.9. The molecule has 0 atom stereocenters. The Labute approximate surface area is 152 Å². The lowest BCUT2D eigenvalue weighted by Gasteiger charge is -2.34. The molecular formula is C18H25N3O3S. The number of ether oxygens (including phenoxy) is 2. The lowest BCUT2D eigenvalue weighted by Crippen LogP contribution is -2.46. The number of amides is 1. The summed E-state index contributed by atoms with van der Waals surface area (Å²) < 4.78 is 11.8. The standard InChI is InChI=1S/C18H25N3O3S/c1-18(2,3)24-16(22)19-12-8-10-21(11-9-12)14-7-5-6-13-15(14)25-17(20-13)23-4/h5-7,12H,8-11H2,1-4H3,(H,19,22). The van der Waals surface area contributed by atoms with Crippen molar-refractivity contribution in [2.75, 3.05) is 25.1 Å². The second kappa shape index (κ2) is 7.07. The van der Waals surface area contributed by atoms with Crippen molar-refractivity contribution in [3.8, 4) is 5.19 Å². The largest absolute Gasteiger partial charge is 0.473 e. The predicted molar refractivity (Wildman–Crippen MR) is 101 cm³/mol. The Kier molecular flexibility index (Phi) is 5.03. The average Bonchev–Trinajstić information content (AvgIpc) is 2.97. The Morgan fingerprint density at radius 1 is 1.32 bits per heavy atom. The van der Waals surface area contributed by atoms with Gasteiger partial charge in [-0.25, -0.2) is 9.78 Å². The van der Waals surface area contributed by atoms with Gasteiger partial charge in [-0.05, 0) is 45.7 Å². The average molecular weight is 363 g/mol. The summed E-state index contributed by atoms with van der Waals surface area (Å²) in [5.41, 5.74) is 1.69. The van der Waals surface area contributed by atoms with Gasteiger partial charge in [0.05, 0.1) is 23.0 Å². The number of fused-ring (bicyclic) bond motifs is 1. The summed E-state index contributed by atoms with van der Waals surface area (Å²) in [7, 11) is 1.64. The molecule has 1 aromatic heterocycles. The van der Waals surface area contributed by atoms with Crippen LogP contribution in [0.3, 0.4) is 0 Å². The number of rotatable bonds is 3. The molecule has 0 saturated carbocycles. The molecule has 2 aromatic rings. The fraction of sp³-hybridized carbons (Fsp3) is 0.556. The zero-order valence-electron chi connectivity index (χ0n) is 15.2. The Balaban J connectivity index is 1.63. The van der Waals surface area contributed by atoms with Gasteiger partial charge in [-0.15, -0.1) is 0 Å². The normalized spacial score (nSPS) is 16.1. The van der Waals surface area contributed by atoms with Crippen LogP contribution in [0.5, 0.6) is 5.19 Å². The molecule has 1 fully saturated rings. The Morgan fingerprint density at radius 2 is 2.04 bits per heavy atom. The first kappa shape index (κ1) is 17.8. The molecule has 0 aliphatic carbocycles. The zero-order chi connectivity index (χ0) is 18.0. The van der Waals surface area contributed by atoms with Crippen LogP contribution in [0, 0.1) is 0 Å². The molecule has 6 nitrogen and oxygen atoms in total. The molecule has 25 heavy (non-hydrogen) atoms. The van der Waals surface area contributed by atoms with Gasteiger partial charge in [-0.1, -0.05) is 17.4 Å². The third-order valence-electron chi connectivity index (χ3n) is 4.11. The number of carbonyl (C=O) groups is 1. The highest BCUT2D eigenvalue weighted by Crippen LogP contribution is 2.36. The van der Waals surface area contributed by atoms with Crippen molar-refractivity contribution in [3.05, 3.63) is 18.2 Å². The molecule has 1 N–H and O–H groups in total. The second-order valence-corrected chi connectivity index (χ2v) is 8.18. The number of carbonyl (C=O) groups excluding carboxylic acids is 1. The van der Waals surface area contributed by atoms with Crippen LogP contribution in [0.4, 0.5) is 10.5 Å². The molecule has 0 unspecified atom stereocenters. The first-order valence-corrected chi connectivity index (χ1v) is 9.35. The van der Waals surface area contributed by atoms with Gasteiger partial charge in [0.2, 0.25) is 0 Å². The van der Waals surface area contributed by atoms with Gasteiger partial charge in [0, 0.05) is 19.1 Å². The van der Waals surface area contributed by atoms with E-state index in [0.29, 0.717) is 5.19 Å². The van der Waals surface area contributed by atoms with Crippen LogP contribution in [-0.4, -0.2) is 42.9 Å². The summed E-state index contributed by atoms with van der Waals surface area (Å²) in [4.78, 5) is 18.7. The number of nitrogens with one attached hydrogen (secondary N) is 1. The molecule has 1 saturated heterocycles. The van der Waals surface area contributed by atoms with E-state index < -0.39 is 5.60 Å². The van der Waals surface area contributed by atoms with E-state index in [0.717, 1.165) is 36.1 Å². The van der Waals surface area contributed by atoms with Gasteiger partial charge in [0.1, 0.15) is 5.60 Å². The SMILES string of the molecule is COc1nc2cccc(N3CCC(NC(=O)OC(C)(C)C)CC3)c2s1. The summed E-state index contributed by atoms with van der Waals surface area (Å²) in [6.07, 6.45) is 1.46. The van der Waals surface area contributed by atoms with E-state index in [-0.39, 0.29) is 12.1 Å². The van der Waals surface area contributed by atoms with Crippen LogP contribution in [0.25, 0.3) is 10.2 Å². The van der Waals surface area contributed by atoms with Gasteiger partial charge in [-0.3, -0.25) is 0 Å². The van der Waals surface area contributed by atoms with E-state index in [4.69, 9.17) is 9.47 Å². The number of aromatic nitrogens is 1. The fourth-order valence-corrected chi connectivity index (χ4v) is 3.91. The molecule has 1 aliphatic heterocycles. The first-order valence-electron chi connectivity index (χ1n) is 8.54. The van der Waals surface area contributed by atoms with E-state index in [1.54, 1.807) is 18.4 Å². The molecule has 3 rings (SSSR count). The quantitative estimate of drug-likeness (QED) is 0.899. The van der Waals surface area contributed by atoms with Gasteiger partial charge in [-0.2, -0.15) is 0 Å². The monoisotopic (exact) mass is 363 g/mol. The number of alkyl carbamates (subject to hydrolysis) is 1. The third-order valence-corrected chi connectivity index (χ3v) is 5.16. The molecule has 1 amide bonds. The molecule has 2 heterocycles. The van der Waals surface area contributed by atoms with Crippen molar-refractivity contribution in [1.82, 2.24) is 10.3 Å². The van der Waals surface area contributed by atoms with E-state index in [9.17, 15) is 4.79 Å². The Bertz CT molecular complexity index is 746. The van der Waals surface area contributed by atoms with Crippen LogP contribution in [-0.2, 0) is 4.74 Å². The van der Waals surface area contributed by atoms with E-state index >= 15 is 0 Å². The van der Waals surface area contributed by atoms with E-state index in [2.05, 4.69) is 21.3 Å². The maximum atomic E-state index is 11.9. The number of methoxy groups -OCH3 is 1. The highest BCUT2D eigenvalue weighted by molar-refractivity contribution is 7.20. The second-order valence-electron chi connectivity index (χ2n) is 7.22. The minimum Gasteiger partial charge on any atom is -0.473 e. The smallest absolute Gasteiger partial charge is 0.407 e. The molecule has 136 valence electrons. The van der Waals surface area contributed by atoms with Crippen molar-refractivity contribution in [1.29, 1.82) is 0 Å². The highest BCUT2D eigenvalue weighted by atomic mass is 32.1. The molecule has 0 bridgehead atoms. The topological polar surface area (TPSA) is 63.7 Å². The fourth-order valence-electron chi connectivity index (χ4n) is 2.99. The number of benzene rings is 1. The number of hydrogen-bond donors (Lipinski definition) is 1. The number of hydrogen-bond acceptors (Lipinski definition) is 6. The molecule has 1 aromatic carbocycles. The van der Waals surface area contributed by atoms with Gasteiger partial charge >= 0.3 is 6.09 Å². The van der Waals surface area contributed by atoms with Gasteiger partial charge < -0.3 is 19.7 Å². The maximum Gasteiger partial charge on any atom is 0.407 e. The highest BCUT2D eigenvalue weighted by Gasteiger charge is 2.25. The predicted octanol–water partition coefficient (Wildman–Crippen LogP) is 3.80. The summed E-state index contributed by atoms with van der Waals surface area (Å²) in [5, 5.41) is 3.66. The van der Waals surface area contributed by atoms with Gasteiger partial charge in [0.25, 0.3) is 5.19 Å². The summed E-state index contributed by atoms with van der Waals surface area (Å²) in [6, 6.07) is 6.32. The van der Waals surface area contributed by atoms with Crippen LogP contribution in [0.15, 0.2) is 18.2 Å². The van der Waals surface area contributed by atoms with Crippen molar-refractivity contribution in [2.24, 2.45) is 0 Å². The van der Waals surface area contributed by atoms with Crippen molar-refractivity contribution >= 4 is 33.3 Å². The Morgan fingerprint density at radius 3 is 2.68 bits per heavy atom. The minimum atomic E-state index is -0.467. The molecule has 0 radical (unpaired) electrons. The van der Waals surface area contributed by atoms with Gasteiger partial charge in [0.15, 0.2) is 0 Å². The van der Waals surface area contributed by atoms with Crippen LogP contribution < -0.4 is 15.0 Å². The summed E-state index contributed by atoms with van der Waals surface area (Å²) in [5.74, 6) is 0. The number of anilines is 1. The van der Waals surface area contributed by atoms with Crippen molar-refractivity contribution < 1.29 is 14.3 Å². The van der Waals surface area contributed by atoms with Crippen LogP contribution in [0.2, 0.25) is 0 Å². The number of thiazole rings is 1. The lowest BCUT2D eigenvalue weighted by molar-refractivity contribution is 0.0497. The first-order chi connectivity index (χ1) is 11.9. The molecular weight excluding hydrogens is 338 g/mol. The van der Waals surface area contributed by atoms with Crippen LogP contribution >= 0.6 is 11.3 Å². The molecule has 7 heteroatoms. The minimum absolute atomic E-state index is 0.154. The summed E-state index contributed by atoms with van der Waals surface area (Å²) in [6.45, 7) is 7.40. The molecule has 0 spiro atoms. The number of nitrogens with zero attached hydrogens (tertiary/aromatic N) is 2. The summed E-state index contributed by atoms with van der Waals surface area (Å²) >= 11 is 1.57. The van der Waals surface area contributed by atoms with Crippen molar-refractivity contribution in [3.63, 3.8) is 0 Å². The van der Waals surface area contributed by atoms with E-state index in [1.165, 1.54) is 5.69 Å². The van der Waals surface area contributed by atoms with Crippen molar-refractivity contribution in [2.45, 2.75) is 45.3 Å². The van der Waals surface area contributed by atoms with E-state index in [1.807, 2.05) is 32.9 Å².